The van der Waals surface area contributed by atoms with E-state index in [1.54, 1.807) is 29.2 Å². The van der Waals surface area contributed by atoms with Gasteiger partial charge in [0, 0.05) is 35.9 Å². The highest BCUT2D eigenvalue weighted by molar-refractivity contribution is 5.80. The van der Waals surface area contributed by atoms with Crippen molar-refractivity contribution in [2.75, 3.05) is 6.67 Å². The van der Waals surface area contributed by atoms with Gasteiger partial charge in [0.05, 0.1) is 6.54 Å². The van der Waals surface area contributed by atoms with E-state index in [2.05, 4.69) is 15.1 Å². The van der Waals surface area contributed by atoms with Gasteiger partial charge in [0.15, 0.2) is 0 Å². The number of nitrogens with zero attached hydrogens (tertiary/aromatic N) is 4. The van der Waals surface area contributed by atoms with E-state index in [4.69, 9.17) is 4.74 Å². The second-order valence-corrected chi connectivity index (χ2v) is 6.32. The van der Waals surface area contributed by atoms with Crippen LogP contribution in [0.5, 0.6) is 5.75 Å². The molecule has 0 aliphatic rings. The summed E-state index contributed by atoms with van der Waals surface area (Å²) < 4.78 is 33.7. The molecule has 4 aromatic rings. The maximum absolute atomic E-state index is 13.7. The number of pyridine rings is 2. The summed E-state index contributed by atoms with van der Waals surface area (Å²) in [7, 11) is 0. The fourth-order valence-electron chi connectivity index (χ4n) is 2.96. The molecule has 0 N–H and O–H groups in total. The molecule has 0 amide bonds. The van der Waals surface area contributed by atoms with Crippen molar-refractivity contribution in [3.63, 3.8) is 0 Å². The number of rotatable bonds is 7. The van der Waals surface area contributed by atoms with Crippen LogP contribution in [0.25, 0.3) is 22.4 Å². The van der Waals surface area contributed by atoms with E-state index in [1.165, 1.54) is 18.3 Å². The Bertz CT molecular complexity index is 1080. The van der Waals surface area contributed by atoms with Gasteiger partial charge in [0.1, 0.15) is 36.2 Å². The molecular formula is C22H18F2N4O. The lowest BCUT2D eigenvalue weighted by atomic mass is 10.0. The molecule has 0 fully saturated rings. The molecule has 0 unspecified atom stereocenters. The van der Waals surface area contributed by atoms with E-state index in [-0.39, 0.29) is 18.8 Å². The molecule has 0 aliphatic heterocycles. The smallest absolute Gasteiger partial charge is 0.148 e. The average molecular weight is 392 g/mol. The van der Waals surface area contributed by atoms with Crippen molar-refractivity contribution in [1.29, 1.82) is 0 Å². The predicted octanol–water partition coefficient (Wildman–Crippen LogP) is 4.69. The lowest BCUT2D eigenvalue weighted by molar-refractivity contribution is 0.294. The van der Waals surface area contributed by atoms with Crippen LogP contribution in [0.1, 0.15) is 5.69 Å². The first-order chi connectivity index (χ1) is 14.2. The Hall–Kier alpha value is -3.61. The van der Waals surface area contributed by atoms with Crippen molar-refractivity contribution in [1.82, 2.24) is 19.7 Å². The van der Waals surface area contributed by atoms with Gasteiger partial charge in [-0.05, 0) is 54.1 Å². The molecule has 29 heavy (non-hydrogen) atoms. The Morgan fingerprint density at radius 2 is 1.72 bits per heavy atom. The fraction of sp³-hybridized carbons (Fsp3) is 0.136. The van der Waals surface area contributed by atoms with Crippen molar-refractivity contribution in [2.45, 2.75) is 13.2 Å². The van der Waals surface area contributed by atoms with Crippen LogP contribution in [0, 0.1) is 5.82 Å². The highest BCUT2D eigenvalue weighted by atomic mass is 19.1. The van der Waals surface area contributed by atoms with Gasteiger partial charge >= 0.3 is 0 Å². The van der Waals surface area contributed by atoms with Gasteiger partial charge in [-0.15, -0.1) is 0 Å². The van der Waals surface area contributed by atoms with E-state index >= 15 is 0 Å². The van der Waals surface area contributed by atoms with Gasteiger partial charge in [-0.1, -0.05) is 0 Å². The standard InChI is InChI=1S/C22H18F2N4O/c23-9-13-28-14-19(16-7-11-25-12-8-16)22(27-28)17-3-5-18(6-4-17)29-15-21-20(24)2-1-10-26-21/h1-8,10-12,14H,9,13,15H2. The molecule has 3 aromatic heterocycles. The third kappa shape index (κ3) is 4.29. The molecule has 1 aromatic carbocycles. The molecule has 0 bridgehead atoms. The first kappa shape index (κ1) is 18.7. The predicted molar refractivity (Wildman–Crippen MR) is 105 cm³/mol. The minimum atomic E-state index is -0.492. The third-order valence-electron chi connectivity index (χ3n) is 4.40. The average Bonchev–Trinajstić information content (AvgIpc) is 3.18. The Morgan fingerprint density at radius 1 is 0.931 bits per heavy atom. The van der Waals surface area contributed by atoms with E-state index in [0.717, 1.165) is 22.4 Å². The zero-order valence-electron chi connectivity index (χ0n) is 15.5. The molecule has 7 heteroatoms. The quantitative estimate of drug-likeness (QED) is 0.458. The zero-order chi connectivity index (χ0) is 20.1. The van der Waals surface area contributed by atoms with Crippen LogP contribution in [-0.4, -0.2) is 26.4 Å². The van der Waals surface area contributed by atoms with Gasteiger partial charge in [-0.25, -0.2) is 8.78 Å². The Kier molecular flexibility index (Phi) is 5.56. The van der Waals surface area contributed by atoms with E-state index in [1.807, 2.05) is 30.5 Å². The summed E-state index contributed by atoms with van der Waals surface area (Å²) in [4.78, 5) is 8.02. The first-order valence-electron chi connectivity index (χ1n) is 9.11. The van der Waals surface area contributed by atoms with Gasteiger partial charge < -0.3 is 4.74 Å². The molecule has 0 atom stereocenters. The largest absolute Gasteiger partial charge is 0.487 e. The highest BCUT2D eigenvalue weighted by Crippen LogP contribution is 2.31. The number of benzene rings is 1. The summed E-state index contributed by atoms with van der Waals surface area (Å²) in [5.41, 5.74) is 3.70. The first-order valence-corrected chi connectivity index (χ1v) is 9.11. The van der Waals surface area contributed by atoms with Gasteiger partial charge in [-0.2, -0.15) is 5.10 Å². The van der Waals surface area contributed by atoms with Crippen molar-refractivity contribution in [2.24, 2.45) is 0 Å². The molecule has 0 saturated heterocycles. The number of alkyl halides is 1. The van der Waals surface area contributed by atoms with Crippen LogP contribution in [0.2, 0.25) is 0 Å². The van der Waals surface area contributed by atoms with Crippen molar-refractivity contribution in [3.05, 3.63) is 84.8 Å². The lowest BCUT2D eigenvalue weighted by Crippen LogP contribution is -2.01. The monoisotopic (exact) mass is 392 g/mol. The molecule has 3 heterocycles. The Labute approximate surface area is 166 Å². The topological polar surface area (TPSA) is 52.8 Å². The SMILES string of the molecule is FCCn1cc(-c2ccncc2)c(-c2ccc(OCc3ncccc3F)cc2)n1. The summed E-state index contributed by atoms with van der Waals surface area (Å²) in [6.45, 7) is -0.262. The number of aromatic nitrogens is 4. The van der Waals surface area contributed by atoms with Gasteiger partial charge in [0.25, 0.3) is 0 Å². The minimum Gasteiger partial charge on any atom is -0.487 e. The van der Waals surface area contributed by atoms with Crippen molar-refractivity contribution < 1.29 is 13.5 Å². The summed E-state index contributed by atoms with van der Waals surface area (Å²) >= 11 is 0. The second-order valence-electron chi connectivity index (χ2n) is 6.32. The summed E-state index contributed by atoms with van der Waals surface area (Å²) in [5, 5.41) is 4.54. The van der Waals surface area contributed by atoms with Crippen molar-refractivity contribution in [3.8, 4) is 28.1 Å². The molecular weight excluding hydrogens is 374 g/mol. The fourth-order valence-corrected chi connectivity index (χ4v) is 2.96. The van der Waals surface area contributed by atoms with Crippen LogP contribution < -0.4 is 4.74 Å². The van der Waals surface area contributed by atoms with Crippen LogP contribution in [0.4, 0.5) is 8.78 Å². The minimum absolute atomic E-state index is 0.0411. The normalized spacial score (nSPS) is 10.8. The molecule has 0 saturated carbocycles. The maximum atomic E-state index is 13.7. The summed E-state index contributed by atoms with van der Waals surface area (Å²) in [6, 6.07) is 14.0. The van der Waals surface area contributed by atoms with Crippen LogP contribution in [-0.2, 0) is 13.2 Å². The van der Waals surface area contributed by atoms with Gasteiger partial charge in [-0.3, -0.25) is 14.6 Å². The number of aryl methyl sites for hydroxylation is 1. The Balaban J connectivity index is 1.58. The molecule has 4 rings (SSSR count). The van der Waals surface area contributed by atoms with Gasteiger partial charge in [0.2, 0.25) is 0 Å². The zero-order valence-corrected chi connectivity index (χ0v) is 15.5. The molecule has 0 radical (unpaired) electrons. The number of ether oxygens (including phenoxy) is 1. The summed E-state index contributed by atoms with van der Waals surface area (Å²) in [6.07, 6.45) is 6.77. The maximum Gasteiger partial charge on any atom is 0.148 e. The number of hydrogen-bond acceptors (Lipinski definition) is 4. The summed E-state index contributed by atoms with van der Waals surface area (Å²) in [5.74, 6) is 0.192. The molecule has 5 nitrogen and oxygen atoms in total. The van der Waals surface area contributed by atoms with E-state index < -0.39 is 12.5 Å². The highest BCUT2D eigenvalue weighted by Gasteiger charge is 2.13. The Morgan fingerprint density at radius 3 is 2.45 bits per heavy atom. The second kappa shape index (κ2) is 8.60. The van der Waals surface area contributed by atoms with Crippen LogP contribution >= 0.6 is 0 Å². The van der Waals surface area contributed by atoms with E-state index in [9.17, 15) is 8.78 Å². The van der Waals surface area contributed by atoms with Crippen molar-refractivity contribution >= 4 is 0 Å². The van der Waals surface area contributed by atoms with Crippen LogP contribution in [0.3, 0.4) is 0 Å². The van der Waals surface area contributed by atoms with Crippen LogP contribution in [0.15, 0.2) is 73.3 Å². The molecule has 146 valence electrons. The van der Waals surface area contributed by atoms with E-state index in [0.29, 0.717) is 5.75 Å². The third-order valence-corrected chi connectivity index (χ3v) is 4.40. The number of hydrogen-bond donors (Lipinski definition) is 0. The molecule has 0 aliphatic carbocycles. The lowest BCUT2D eigenvalue weighted by Gasteiger charge is -2.08. The number of halogens is 2. The molecule has 0 spiro atoms.